The summed E-state index contributed by atoms with van der Waals surface area (Å²) in [4.78, 5) is 11.8. The number of fused-ring (bicyclic) bond motifs is 1. The molecule has 1 N–H and O–H groups in total. The van der Waals surface area contributed by atoms with E-state index in [0.29, 0.717) is 16.5 Å². The second-order valence-corrected chi connectivity index (χ2v) is 5.25. The first kappa shape index (κ1) is 13.0. The lowest BCUT2D eigenvalue weighted by Gasteiger charge is -2.08. The molecule has 1 amide bonds. The smallest absolute Gasteiger partial charge is 0.410 e. The summed E-state index contributed by atoms with van der Waals surface area (Å²) in [5.74, 6) is 0.574. The molecule has 0 radical (unpaired) electrons. The van der Waals surface area contributed by atoms with Gasteiger partial charge in [0.2, 0.25) is 0 Å². The highest BCUT2D eigenvalue weighted by Crippen LogP contribution is 2.26. The zero-order chi connectivity index (χ0) is 13.9. The Morgan fingerprint density at radius 1 is 1.10 bits per heavy atom. The van der Waals surface area contributed by atoms with E-state index in [1.165, 1.54) is 17.5 Å². The fourth-order valence-corrected chi connectivity index (χ4v) is 2.62. The van der Waals surface area contributed by atoms with Gasteiger partial charge in [-0.05, 0) is 60.7 Å². The SMILES string of the molecule is O=C(Nc1cccc(Cl)c1)Oc1ccc2c(c1)CCC2. The molecule has 0 atom stereocenters. The molecule has 0 unspecified atom stereocenters. The van der Waals surface area contributed by atoms with Gasteiger partial charge in [-0.1, -0.05) is 23.7 Å². The number of nitrogens with one attached hydrogen (secondary N) is 1. The predicted octanol–water partition coefficient (Wildman–Crippen LogP) is 4.44. The molecule has 0 spiro atoms. The Hall–Kier alpha value is -2.00. The molecule has 2 aromatic carbocycles. The van der Waals surface area contributed by atoms with E-state index in [4.69, 9.17) is 16.3 Å². The van der Waals surface area contributed by atoms with Crippen LogP contribution in [0.15, 0.2) is 42.5 Å². The molecule has 0 saturated carbocycles. The van der Waals surface area contributed by atoms with Crippen LogP contribution in [0.3, 0.4) is 0 Å². The predicted molar refractivity (Wildman–Crippen MR) is 79.6 cm³/mol. The molecule has 1 aliphatic carbocycles. The number of benzene rings is 2. The van der Waals surface area contributed by atoms with Gasteiger partial charge in [-0.3, -0.25) is 5.32 Å². The number of hydrogen-bond donors (Lipinski definition) is 1. The van der Waals surface area contributed by atoms with Crippen LogP contribution >= 0.6 is 11.6 Å². The second-order valence-electron chi connectivity index (χ2n) is 4.81. The molecule has 3 rings (SSSR count). The van der Waals surface area contributed by atoms with Crippen molar-refractivity contribution in [3.05, 3.63) is 58.6 Å². The maximum atomic E-state index is 11.8. The van der Waals surface area contributed by atoms with Gasteiger partial charge in [0.25, 0.3) is 0 Å². The van der Waals surface area contributed by atoms with E-state index in [0.717, 1.165) is 12.8 Å². The maximum absolute atomic E-state index is 11.8. The second kappa shape index (κ2) is 5.55. The third-order valence-corrected chi connectivity index (χ3v) is 3.59. The summed E-state index contributed by atoms with van der Waals surface area (Å²) in [7, 11) is 0. The molecular formula is C16H14ClNO2. The van der Waals surface area contributed by atoms with Crippen molar-refractivity contribution < 1.29 is 9.53 Å². The first-order valence-electron chi connectivity index (χ1n) is 6.57. The van der Waals surface area contributed by atoms with E-state index < -0.39 is 6.09 Å². The van der Waals surface area contributed by atoms with Crippen LogP contribution in [0.25, 0.3) is 0 Å². The highest BCUT2D eigenvalue weighted by molar-refractivity contribution is 6.30. The molecule has 1 aliphatic rings. The Morgan fingerprint density at radius 3 is 2.80 bits per heavy atom. The average molecular weight is 288 g/mol. The Labute approximate surface area is 122 Å². The molecule has 3 nitrogen and oxygen atoms in total. The largest absolute Gasteiger partial charge is 0.417 e. The third-order valence-electron chi connectivity index (χ3n) is 3.35. The molecular weight excluding hydrogens is 274 g/mol. The first-order chi connectivity index (χ1) is 9.70. The summed E-state index contributed by atoms with van der Waals surface area (Å²) >= 11 is 5.86. The van der Waals surface area contributed by atoms with E-state index in [2.05, 4.69) is 5.32 Å². The summed E-state index contributed by atoms with van der Waals surface area (Å²) in [6.45, 7) is 0. The van der Waals surface area contributed by atoms with Crippen molar-refractivity contribution in [3.8, 4) is 5.75 Å². The Bertz CT molecular complexity index is 655. The van der Waals surface area contributed by atoms with Gasteiger partial charge in [-0.25, -0.2) is 4.79 Å². The standard InChI is InChI=1S/C16H14ClNO2/c17-13-5-2-6-14(10-13)18-16(19)20-15-8-7-11-3-1-4-12(11)9-15/h2,5-10H,1,3-4H2,(H,18,19). The van der Waals surface area contributed by atoms with Crippen molar-refractivity contribution in [2.45, 2.75) is 19.3 Å². The lowest BCUT2D eigenvalue weighted by atomic mass is 10.1. The number of amides is 1. The van der Waals surface area contributed by atoms with Gasteiger partial charge in [-0.2, -0.15) is 0 Å². The molecule has 2 aromatic rings. The Morgan fingerprint density at radius 2 is 1.95 bits per heavy atom. The van der Waals surface area contributed by atoms with Crippen LogP contribution in [0.2, 0.25) is 5.02 Å². The summed E-state index contributed by atoms with van der Waals surface area (Å²) in [6, 6.07) is 12.8. The molecule has 0 aliphatic heterocycles. The number of carbonyl (C=O) groups is 1. The Kier molecular flexibility index (Phi) is 3.61. The molecule has 4 heteroatoms. The van der Waals surface area contributed by atoms with Crippen molar-refractivity contribution in [2.75, 3.05) is 5.32 Å². The quantitative estimate of drug-likeness (QED) is 0.887. The van der Waals surface area contributed by atoms with Crippen LogP contribution in [0.5, 0.6) is 5.75 Å². The van der Waals surface area contributed by atoms with Crippen molar-refractivity contribution >= 4 is 23.4 Å². The zero-order valence-electron chi connectivity index (χ0n) is 10.9. The minimum absolute atomic E-state index is 0.509. The summed E-state index contributed by atoms with van der Waals surface area (Å²) < 4.78 is 5.29. The van der Waals surface area contributed by atoms with Gasteiger partial charge in [0, 0.05) is 10.7 Å². The highest BCUT2D eigenvalue weighted by Gasteiger charge is 2.13. The van der Waals surface area contributed by atoms with E-state index >= 15 is 0 Å². The third kappa shape index (κ3) is 2.94. The minimum atomic E-state index is -0.509. The van der Waals surface area contributed by atoms with Crippen molar-refractivity contribution in [3.63, 3.8) is 0 Å². The summed E-state index contributed by atoms with van der Waals surface area (Å²) in [5, 5.41) is 3.22. The van der Waals surface area contributed by atoms with Crippen LogP contribution < -0.4 is 10.1 Å². The monoisotopic (exact) mass is 287 g/mol. The molecule has 0 bridgehead atoms. The fraction of sp³-hybridized carbons (Fsp3) is 0.188. The summed E-state index contributed by atoms with van der Waals surface area (Å²) in [5.41, 5.74) is 3.24. The molecule has 0 saturated heterocycles. The number of rotatable bonds is 2. The van der Waals surface area contributed by atoms with Gasteiger partial charge < -0.3 is 4.74 Å². The van der Waals surface area contributed by atoms with Crippen LogP contribution in [0.1, 0.15) is 17.5 Å². The Balaban J connectivity index is 1.67. The number of halogens is 1. The molecule has 0 aromatic heterocycles. The number of hydrogen-bond acceptors (Lipinski definition) is 2. The first-order valence-corrected chi connectivity index (χ1v) is 6.95. The fourth-order valence-electron chi connectivity index (χ4n) is 2.43. The zero-order valence-corrected chi connectivity index (χ0v) is 11.6. The van der Waals surface area contributed by atoms with Crippen molar-refractivity contribution in [1.82, 2.24) is 0 Å². The lowest BCUT2D eigenvalue weighted by molar-refractivity contribution is 0.215. The highest BCUT2D eigenvalue weighted by atomic mass is 35.5. The molecule has 20 heavy (non-hydrogen) atoms. The summed E-state index contributed by atoms with van der Waals surface area (Å²) in [6.07, 6.45) is 2.84. The van der Waals surface area contributed by atoms with Crippen molar-refractivity contribution in [1.29, 1.82) is 0 Å². The van der Waals surface area contributed by atoms with Gasteiger partial charge in [-0.15, -0.1) is 0 Å². The number of anilines is 1. The molecule has 102 valence electrons. The van der Waals surface area contributed by atoms with E-state index in [9.17, 15) is 4.79 Å². The van der Waals surface area contributed by atoms with Crippen LogP contribution in [-0.4, -0.2) is 6.09 Å². The average Bonchev–Trinajstić information content (AvgIpc) is 2.86. The number of ether oxygens (including phenoxy) is 1. The number of carbonyl (C=O) groups excluding carboxylic acids is 1. The number of aryl methyl sites for hydroxylation is 2. The van der Waals surface area contributed by atoms with Gasteiger partial charge in [0.15, 0.2) is 0 Å². The molecule has 0 heterocycles. The molecule has 0 fully saturated rings. The maximum Gasteiger partial charge on any atom is 0.417 e. The topological polar surface area (TPSA) is 38.3 Å². The van der Waals surface area contributed by atoms with Crippen LogP contribution in [-0.2, 0) is 12.8 Å². The van der Waals surface area contributed by atoms with E-state index in [-0.39, 0.29) is 0 Å². The van der Waals surface area contributed by atoms with Gasteiger partial charge in [0.1, 0.15) is 5.75 Å². The van der Waals surface area contributed by atoms with Crippen LogP contribution in [0, 0.1) is 0 Å². The normalized spacial score (nSPS) is 12.8. The van der Waals surface area contributed by atoms with E-state index in [1.54, 1.807) is 24.3 Å². The minimum Gasteiger partial charge on any atom is -0.410 e. The van der Waals surface area contributed by atoms with Crippen molar-refractivity contribution in [2.24, 2.45) is 0 Å². The van der Waals surface area contributed by atoms with E-state index in [1.807, 2.05) is 18.2 Å². The lowest BCUT2D eigenvalue weighted by Crippen LogP contribution is -2.16. The van der Waals surface area contributed by atoms with Gasteiger partial charge >= 0.3 is 6.09 Å². The van der Waals surface area contributed by atoms with Crippen LogP contribution in [0.4, 0.5) is 10.5 Å². The van der Waals surface area contributed by atoms with Gasteiger partial charge in [0.05, 0.1) is 0 Å².